The van der Waals surface area contributed by atoms with Gasteiger partial charge < -0.3 is 5.32 Å². The minimum absolute atomic E-state index is 0.0133. The summed E-state index contributed by atoms with van der Waals surface area (Å²) >= 11 is 1.46. The highest BCUT2D eigenvalue weighted by atomic mass is 32.2. The van der Waals surface area contributed by atoms with Gasteiger partial charge >= 0.3 is 0 Å². The molecule has 0 unspecified atom stereocenters. The molecule has 2 aromatic heterocycles. The van der Waals surface area contributed by atoms with Crippen molar-refractivity contribution in [3.8, 4) is 0 Å². The monoisotopic (exact) mass is 383 g/mol. The standard InChI is InChI=1S/C20H25N5OS/c1-13(2)15-7-5-8-16(14(3)4)18(15)22-17(26)9-12-27-20-23-19-21-10-6-11-25(19)24-20/h5-8,10-11,13-14H,9,12H2,1-4H3,(H,22,26). The molecule has 0 aliphatic heterocycles. The first-order valence-electron chi connectivity index (χ1n) is 9.18. The second-order valence-corrected chi connectivity index (χ2v) is 8.09. The molecule has 0 atom stereocenters. The van der Waals surface area contributed by atoms with E-state index in [0.29, 0.717) is 34.9 Å². The Bertz CT molecular complexity index is 876. The number of hydrogen-bond donors (Lipinski definition) is 1. The van der Waals surface area contributed by atoms with Crippen LogP contribution in [0.15, 0.2) is 41.8 Å². The molecular weight excluding hydrogens is 358 g/mol. The van der Waals surface area contributed by atoms with Crippen LogP contribution in [-0.4, -0.2) is 31.2 Å². The van der Waals surface area contributed by atoms with Crippen molar-refractivity contribution in [2.45, 2.75) is 51.1 Å². The lowest BCUT2D eigenvalue weighted by atomic mass is 9.92. The molecule has 0 bridgehead atoms. The number of carbonyl (C=O) groups is 1. The number of nitrogens with one attached hydrogen (secondary N) is 1. The first kappa shape index (κ1) is 19.4. The number of thioether (sulfide) groups is 1. The number of nitrogens with zero attached hydrogens (tertiary/aromatic N) is 4. The number of benzene rings is 1. The van der Waals surface area contributed by atoms with Gasteiger partial charge in [-0.3, -0.25) is 4.79 Å². The molecule has 0 saturated carbocycles. The Balaban J connectivity index is 1.64. The highest BCUT2D eigenvalue weighted by Crippen LogP contribution is 2.32. The fourth-order valence-electron chi connectivity index (χ4n) is 2.91. The molecule has 1 aromatic carbocycles. The van der Waals surface area contributed by atoms with E-state index in [0.717, 1.165) is 5.69 Å². The molecular formula is C20H25N5OS. The summed E-state index contributed by atoms with van der Waals surface area (Å²) in [5.41, 5.74) is 3.32. The molecule has 0 fully saturated rings. The lowest BCUT2D eigenvalue weighted by molar-refractivity contribution is -0.115. The maximum absolute atomic E-state index is 12.5. The molecule has 6 nitrogen and oxygen atoms in total. The predicted octanol–water partition coefficient (Wildman–Crippen LogP) is 4.49. The maximum atomic E-state index is 12.5. The highest BCUT2D eigenvalue weighted by Gasteiger charge is 2.16. The Morgan fingerprint density at radius 3 is 2.48 bits per heavy atom. The Hall–Kier alpha value is -2.41. The van der Waals surface area contributed by atoms with Gasteiger partial charge in [-0.25, -0.2) is 9.50 Å². The smallest absolute Gasteiger partial charge is 0.253 e. The molecule has 0 spiro atoms. The highest BCUT2D eigenvalue weighted by molar-refractivity contribution is 7.99. The van der Waals surface area contributed by atoms with Crippen molar-refractivity contribution in [1.29, 1.82) is 0 Å². The Morgan fingerprint density at radius 1 is 1.15 bits per heavy atom. The third-order valence-corrected chi connectivity index (χ3v) is 5.13. The Morgan fingerprint density at radius 2 is 1.85 bits per heavy atom. The average molecular weight is 384 g/mol. The minimum Gasteiger partial charge on any atom is -0.326 e. The van der Waals surface area contributed by atoms with Crippen molar-refractivity contribution < 1.29 is 4.79 Å². The topological polar surface area (TPSA) is 72.2 Å². The molecule has 2 heterocycles. The van der Waals surface area contributed by atoms with Gasteiger partial charge in [-0.05, 0) is 29.0 Å². The van der Waals surface area contributed by atoms with E-state index in [1.165, 1.54) is 22.9 Å². The first-order chi connectivity index (χ1) is 13.0. The summed E-state index contributed by atoms with van der Waals surface area (Å²) in [6.07, 6.45) is 3.89. The molecule has 27 heavy (non-hydrogen) atoms. The summed E-state index contributed by atoms with van der Waals surface area (Å²) in [4.78, 5) is 21.0. The molecule has 1 amide bonds. The molecule has 0 aliphatic carbocycles. The van der Waals surface area contributed by atoms with E-state index >= 15 is 0 Å². The Kier molecular flexibility index (Phi) is 6.11. The third-order valence-electron chi connectivity index (χ3n) is 4.29. The zero-order chi connectivity index (χ0) is 19.4. The quantitative estimate of drug-likeness (QED) is 0.609. The molecule has 142 valence electrons. The van der Waals surface area contributed by atoms with Gasteiger partial charge in [-0.2, -0.15) is 4.98 Å². The van der Waals surface area contributed by atoms with Crippen LogP contribution in [0.4, 0.5) is 5.69 Å². The van der Waals surface area contributed by atoms with Crippen molar-refractivity contribution in [3.63, 3.8) is 0 Å². The van der Waals surface area contributed by atoms with Gasteiger partial charge in [0.15, 0.2) is 0 Å². The van der Waals surface area contributed by atoms with Gasteiger partial charge in [0.1, 0.15) is 0 Å². The van der Waals surface area contributed by atoms with Crippen LogP contribution in [0.25, 0.3) is 5.78 Å². The predicted molar refractivity (Wildman–Crippen MR) is 109 cm³/mol. The van der Waals surface area contributed by atoms with E-state index in [1.807, 2.05) is 12.3 Å². The van der Waals surface area contributed by atoms with Crippen LogP contribution in [-0.2, 0) is 4.79 Å². The summed E-state index contributed by atoms with van der Waals surface area (Å²) < 4.78 is 1.64. The van der Waals surface area contributed by atoms with E-state index in [-0.39, 0.29) is 5.91 Å². The fraction of sp³-hybridized carbons (Fsp3) is 0.400. The normalized spacial score (nSPS) is 11.5. The average Bonchev–Trinajstić information content (AvgIpc) is 3.04. The van der Waals surface area contributed by atoms with Gasteiger partial charge in [0.25, 0.3) is 5.78 Å². The Labute approximate surface area is 163 Å². The van der Waals surface area contributed by atoms with Crippen molar-refractivity contribution in [2.24, 2.45) is 0 Å². The van der Waals surface area contributed by atoms with Crippen LogP contribution < -0.4 is 5.32 Å². The van der Waals surface area contributed by atoms with Crippen LogP contribution in [0, 0.1) is 0 Å². The van der Waals surface area contributed by atoms with Gasteiger partial charge in [0, 0.05) is 30.3 Å². The van der Waals surface area contributed by atoms with Crippen molar-refractivity contribution in [3.05, 3.63) is 47.8 Å². The summed E-state index contributed by atoms with van der Waals surface area (Å²) in [5, 5.41) is 8.12. The van der Waals surface area contributed by atoms with Crippen LogP contribution in [0.3, 0.4) is 0 Å². The number of carbonyl (C=O) groups excluding carboxylic acids is 1. The lowest BCUT2D eigenvalue weighted by Gasteiger charge is -2.20. The molecule has 0 aliphatic rings. The zero-order valence-corrected chi connectivity index (χ0v) is 17.0. The molecule has 3 aromatic rings. The van der Waals surface area contributed by atoms with E-state index < -0.39 is 0 Å². The van der Waals surface area contributed by atoms with E-state index in [4.69, 9.17) is 0 Å². The van der Waals surface area contributed by atoms with E-state index in [2.05, 4.69) is 66.3 Å². The number of aromatic nitrogens is 4. The summed E-state index contributed by atoms with van der Waals surface area (Å²) in [6.45, 7) is 8.59. The minimum atomic E-state index is 0.0133. The van der Waals surface area contributed by atoms with Crippen LogP contribution >= 0.6 is 11.8 Å². The number of anilines is 1. The van der Waals surface area contributed by atoms with Gasteiger partial charge in [0.05, 0.1) is 0 Å². The van der Waals surface area contributed by atoms with Gasteiger partial charge in [-0.1, -0.05) is 57.7 Å². The van der Waals surface area contributed by atoms with Crippen molar-refractivity contribution in [1.82, 2.24) is 19.6 Å². The third kappa shape index (κ3) is 4.66. The number of rotatable bonds is 7. The molecule has 3 rings (SSSR count). The summed E-state index contributed by atoms with van der Waals surface area (Å²) in [7, 11) is 0. The van der Waals surface area contributed by atoms with Crippen LogP contribution in [0.2, 0.25) is 0 Å². The molecule has 7 heteroatoms. The van der Waals surface area contributed by atoms with Gasteiger partial charge in [0.2, 0.25) is 11.1 Å². The second-order valence-electron chi connectivity index (χ2n) is 7.03. The number of para-hydroxylation sites is 1. The number of amides is 1. The first-order valence-corrected chi connectivity index (χ1v) is 10.2. The van der Waals surface area contributed by atoms with Crippen LogP contribution in [0.5, 0.6) is 0 Å². The van der Waals surface area contributed by atoms with E-state index in [9.17, 15) is 4.79 Å². The molecule has 0 saturated heterocycles. The van der Waals surface area contributed by atoms with Crippen LogP contribution in [0.1, 0.15) is 57.1 Å². The molecule has 0 radical (unpaired) electrons. The van der Waals surface area contributed by atoms with Crippen molar-refractivity contribution >= 4 is 29.1 Å². The second kappa shape index (κ2) is 8.52. The zero-order valence-electron chi connectivity index (χ0n) is 16.1. The van der Waals surface area contributed by atoms with Gasteiger partial charge in [-0.15, -0.1) is 5.10 Å². The SMILES string of the molecule is CC(C)c1cccc(C(C)C)c1NC(=O)CCSc1nc2ncccn2n1. The summed E-state index contributed by atoms with van der Waals surface area (Å²) in [6, 6.07) is 8.06. The number of fused-ring (bicyclic) bond motifs is 1. The van der Waals surface area contributed by atoms with E-state index in [1.54, 1.807) is 10.7 Å². The maximum Gasteiger partial charge on any atom is 0.253 e. The van der Waals surface area contributed by atoms with Crippen molar-refractivity contribution in [2.75, 3.05) is 11.1 Å². The largest absolute Gasteiger partial charge is 0.326 e. The number of hydrogen-bond acceptors (Lipinski definition) is 5. The summed E-state index contributed by atoms with van der Waals surface area (Å²) in [5.74, 6) is 1.89. The fourth-order valence-corrected chi connectivity index (χ4v) is 3.67. The lowest BCUT2D eigenvalue weighted by Crippen LogP contribution is -2.16. The molecule has 1 N–H and O–H groups in total.